The fourth-order valence-corrected chi connectivity index (χ4v) is 1.87. The molecule has 1 aromatic carbocycles. The molecule has 0 atom stereocenters. The van der Waals surface area contributed by atoms with Crippen LogP contribution in [-0.4, -0.2) is 11.2 Å². The summed E-state index contributed by atoms with van der Waals surface area (Å²) >= 11 is 1.45. The van der Waals surface area contributed by atoms with E-state index in [1.165, 1.54) is 11.8 Å². The summed E-state index contributed by atoms with van der Waals surface area (Å²) in [6.07, 6.45) is 1.87. The van der Waals surface area contributed by atoms with Crippen LogP contribution in [0.2, 0.25) is 0 Å². The van der Waals surface area contributed by atoms with Gasteiger partial charge in [0.25, 0.3) is 5.88 Å². The molecule has 0 saturated carbocycles. The van der Waals surface area contributed by atoms with E-state index in [-0.39, 0.29) is 5.88 Å². The highest BCUT2D eigenvalue weighted by Crippen LogP contribution is 2.32. The van der Waals surface area contributed by atoms with Crippen LogP contribution in [0.25, 0.3) is 0 Å². The summed E-state index contributed by atoms with van der Waals surface area (Å²) in [5.41, 5.74) is 5.28. The molecule has 94 valence electrons. The maximum atomic E-state index is 13.5. The Hall–Kier alpha value is -1.82. The number of halogens is 2. The Bertz CT molecular complexity index is 578. The molecule has 18 heavy (non-hydrogen) atoms. The zero-order valence-corrected chi connectivity index (χ0v) is 10.3. The highest BCUT2D eigenvalue weighted by Gasteiger charge is 2.13. The van der Waals surface area contributed by atoms with Crippen molar-refractivity contribution in [2.75, 3.05) is 12.0 Å². The molecule has 0 radical (unpaired) electrons. The maximum Gasteiger partial charge on any atom is 0.258 e. The maximum absolute atomic E-state index is 13.5. The molecule has 0 aliphatic heterocycles. The van der Waals surface area contributed by atoms with E-state index in [1.54, 1.807) is 12.1 Å². The van der Waals surface area contributed by atoms with E-state index in [1.807, 2.05) is 18.4 Å². The van der Waals surface area contributed by atoms with Gasteiger partial charge in [-0.3, -0.25) is 0 Å². The van der Waals surface area contributed by atoms with Gasteiger partial charge in [0.1, 0.15) is 5.75 Å². The van der Waals surface area contributed by atoms with Crippen LogP contribution in [-0.2, 0) is 0 Å². The van der Waals surface area contributed by atoms with Gasteiger partial charge >= 0.3 is 0 Å². The lowest BCUT2D eigenvalue weighted by atomic mass is 10.3. The van der Waals surface area contributed by atoms with Gasteiger partial charge in [0.2, 0.25) is 0 Å². The van der Waals surface area contributed by atoms with Gasteiger partial charge in [0, 0.05) is 11.0 Å². The number of anilines is 1. The molecule has 3 nitrogen and oxygen atoms in total. The van der Waals surface area contributed by atoms with Gasteiger partial charge in [-0.25, -0.2) is 8.78 Å². The smallest absolute Gasteiger partial charge is 0.258 e. The molecule has 1 heterocycles. The van der Waals surface area contributed by atoms with Gasteiger partial charge < -0.3 is 10.5 Å². The van der Waals surface area contributed by atoms with Crippen molar-refractivity contribution in [2.24, 2.45) is 0 Å². The first kappa shape index (κ1) is 12.6. The Balaban J connectivity index is 2.37. The van der Waals surface area contributed by atoms with Crippen LogP contribution in [0.5, 0.6) is 11.6 Å². The second-order valence-electron chi connectivity index (χ2n) is 3.40. The Labute approximate surface area is 107 Å². The molecule has 0 saturated heterocycles. The quantitative estimate of drug-likeness (QED) is 0.866. The van der Waals surface area contributed by atoms with E-state index >= 15 is 0 Å². The summed E-state index contributed by atoms with van der Waals surface area (Å²) in [5, 5.41) is 0. The fraction of sp³-hybridized carbons (Fsp3) is 0.0833. The summed E-state index contributed by atoms with van der Waals surface area (Å²) in [4.78, 5) is 4.36. The van der Waals surface area contributed by atoms with Crippen molar-refractivity contribution in [3.8, 4) is 11.6 Å². The first-order valence-electron chi connectivity index (χ1n) is 5.04. The van der Waals surface area contributed by atoms with Gasteiger partial charge in [-0.05, 0) is 18.4 Å². The number of pyridine rings is 1. The molecule has 6 heteroatoms. The van der Waals surface area contributed by atoms with E-state index < -0.39 is 17.5 Å². The van der Waals surface area contributed by atoms with Crippen LogP contribution in [0.3, 0.4) is 0 Å². The lowest BCUT2D eigenvalue weighted by molar-refractivity contribution is 0.411. The average Bonchev–Trinajstić information content (AvgIpc) is 2.36. The highest BCUT2D eigenvalue weighted by molar-refractivity contribution is 7.98. The highest BCUT2D eigenvalue weighted by atomic mass is 32.2. The zero-order valence-electron chi connectivity index (χ0n) is 9.48. The number of ether oxygens (including phenoxy) is 1. The van der Waals surface area contributed by atoms with Gasteiger partial charge in [-0.15, -0.1) is 11.8 Å². The van der Waals surface area contributed by atoms with Crippen LogP contribution in [0, 0.1) is 11.6 Å². The van der Waals surface area contributed by atoms with Crippen molar-refractivity contribution in [1.29, 1.82) is 0 Å². The standard InChI is InChI=1S/C12H10F2N2OS/c1-18-10-5-3-2-4-9(10)17-12-8(14)6-7(13)11(15)16-12/h2-6H,1H3,(H2,15,16). The minimum absolute atomic E-state index is 0.338. The number of hydrogen-bond acceptors (Lipinski definition) is 4. The van der Waals surface area contributed by atoms with Crippen molar-refractivity contribution < 1.29 is 13.5 Å². The van der Waals surface area contributed by atoms with Crippen LogP contribution < -0.4 is 10.5 Å². The topological polar surface area (TPSA) is 48.1 Å². The summed E-state index contributed by atoms with van der Waals surface area (Å²) in [6.45, 7) is 0. The minimum Gasteiger partial charge on any atom is -0.435 e. The number of nitrogens with zero attached hydrogens (tertiary/aromatic N) is 1. The average molecular weight is 268 g/mol. The van der Waals surface area contributed by atoms with E-state index in [9.17, 15) is 8.78 Å². The van der Waals surface area contributed by atoms with Crippen molar-refractivity contribution in [2.45, 2.75) is 4.90 Å². The summed E-state index contributed by atoms with van der Waals surface area (Å²) in [6, 6.07) is 7.73. The third kappa shape index (κ3) is 2.53. The molecule has 0 spiro atoms. The number of aromatic nitrogens is 1. The number of para-hydroxylation sites is 1. The number of rotatable bonds is 3. The molecule has 2 N–H and O–H groups in total. The third-order valence-electron chi connectivity index (χ3n) is 2.20. The molecule has 0 aliphatic carbocycles. The Morgan fingerprint density at radius 1 is 1.22 bits per heavy atom. The molecular formula is C12H10F2N2OS. The van der Waals surface area contributed by atoms with Gasteiger partial charge in [0.15, 0.2) is 17.5 Å². The molecule has 0 aliphatic rings. The molecule has 0 fully saturated rings. The van der Waals surface area contributed by atoms with Crippen LogP contribution in [0.4, 0.5) is 14.6 Å². The van der Waals surface area contributed by atoms with Gasteiger partial charge in [0.05, 0.1) is 0 Å². The predicted octanol–water partition coefficient (Wildman–Crippen LogP) is 3.46. The van der Waals surface area contributed by atoms with Crippen LogP contribution >= 0.6 is 11.8 Å². The molecule has 0 unspecified atom stereocenters. The van der Waals surface area contributed by atoms with Crippen LogP contribution in [0.15, 0.2) is 35.2 Å². The molecule has 2 rings (SSSR count). The van der Waals surface area contributed by atoms with E-state index in [4.69, 9.17) is 10.5 Å². The molecule has 0 amide bonds. The summed E-state index contributed by atoms with van der Waals surface area (Å²) in [7, 11) is 0. The van der Waals surface area contributed by atoms with Gasteiger partial charge in [-0.2, -0.15) is 4.98 Å². The molecule has 0 bridgehead atoms. The third-order valence-corrected chi connectivity index (χ3v) is 2.98. The monoisotopic (exact) mass is 268 g/mol. The van der Waals surface area contributed by atoms with Crippen molar-refractivity contribution in [3.63, 3.8) is 0 Å². The lowest BCUT2D eigenvalue weighted by Crippen LogP contribution is -2.00. The molecule has 1 aromatic heterocycles. The second-order valence-corrected chi connectivity index (χ2v) is 4.24. The largest absolute Gasteiger partial charge is 0.435 e. The number of benzene rings is 1. The van der Waals surface area contributed by atoms with E-state index in [0.717, 1.165) is 4.90 Å². The number of hydrogen-bond donors (Lipinski definition) is 1. The zero-order chi connectivity index (χ0) is 13.1. The first-order chi connectivity index (χ1) is 8.61. The van der Waals surface area contributed by atoms with E-state index in [2.05, 4.69) is 4.98 Å². The SMILES string of the molecule is CSc1ccccc1Oc1nc(N)c(F)cc1F. The normalized spacial score (nSPS) is 10.4. The number of nitrogen functional groups attached to an aromatic ring is 1. The van der Waals surface area contributed by atoms with Crippen molar-refractivity contribution >= 4 is 17.6 Å². The van der Waals surface area contributed by atoms with Crippen molar-refractivity contribution in [1.82, 2.24) is 4.98 Å². The summed E-state index contributed by atoms with van der Waals surface area (Å²) < 4.78 is 31.7. The second kappa shape index (κ2) is 5.22. The van der Waals surface area contributed by atoms with E-state index in [0.29, 0.717) is 11.8 Å². The fourth-order valence-electron chi connectivity index (χ4n) is 1.34. The Morgan fingerprint density at radius 3 is 2.67 bits per heavy atom. The predicted molar refractivity (Wildman–Crippen MR) is 66.9 cm³/mol. The molecule has 2 aromatic rings. The van der Waals surface area contributed by atoms with Crippen LogP contribution in [0.1, 0.15) is 0 Å². The first-order valence-corrected chi connectivity index (χ1v) is 6.26. The van der Waals surface area contributed by atoms with Crippen molar-refractivity contribution in [3.05, 3.63) is 42.0 Å². The van der Waals surface area contributed by atoms with Gasteiger partial charge in [-0.1, -0.05) is 12.1 Å². The Kier molecular flexibility index (Phi) is 3.66. The number of nitrogens with two attached hydrogens (primary N) is 1. The Morgan fingerprint density at radius 2 is 1.94 bits per heavy atom. The minimum atomic E-state index is -0.905. The lowest BCUT2D eigenvalue weighted by Gasteiger charge is -2.09. The molecular weight excluding hydrogens is 258 g/mol. The summed E-state index contributed by atoms with van der Waals surface area (Å²) in [5.74, 6) is -2.08. The number of thioether (sulfide) groups is 1.